The van der Waals surface area contributed by atoms with Gasteiger partial charge in [0.15, 0.2) is 0 Å². The fourth-order valence-electron chi connectivity index (χ4n) is 2.52. The van der Waals surface area contributed by atoms with Crippen molar-refractivity contribution >= 4 is 6.29 Å². The van der Waals surface area contributed by atoms with Crippen molar-refractivity contribution in [2.45, 2.75) is 37.9 Å². The zero-order chi connectivity index (χ0) is 13.2. The Morgan fingerprint density at radius 3 is 2.56 bits per heavy atom. The molecule has 3 nitrogen and oxygen atoms in total. The van der Waals surface area contributed by atoms with E-state index in [0.717, 1.165) is 25.5 Å². The van der Waals surface area contributed by atoms with E-state index in [1.54, 1.807) is 0 Å². The van der Waals surface area contributed by atoms with Crippen LogP contribution >= 0.6 is 0 Å². The second-order valence-electron chi connectivity index (χ2n) is 5.39. The number of ether oxygens (including phenoxy) is 1. The van der Waals surface area contributed by atoms with Crippen molar-refractivity contribution in [3.63, 3.8) is 0 Å². The average Bonchev–Trinajstić information content (AvgIpc) is 3.11. The maximum absolute atomic E-state index is 12.5. The Morgan fingerprint density at radius 1 is 1.39 bits per heavy atom. The molecular weight excluding hydrogens is 247 g/mol. The first-order valence-electron chi connectivity index (χ1n) is 6.29. The lowest BCUT2D eigenvalue weighted by Gasteiger charge is -2.37. The highest BCUT2D eigenvalue weighted by atomic mass is 19.4. The summed E-state index contributed by atoms with van der Waals surface area (Å²) in [5, 5.41) is 0. The van der Waals surface area contributed by atoms with Crippen molar-refractivity contribution < 1.29 is 22.7 Å². The molecule has 0 aromatic rings. The summed E-state index contributed by atoms with van der Waals surface area (Å²) in [6.07, 6.45) is -0.460. The highest BCUT2D eigenvalue weighted by Crippen LogP contribution is 2.35. The van der Waals surface area contributed by atoms with Crippen molar-refractivity contribution in [1.29, 1.82) is 0 Å². The van der Waals surface area contributed by atoms with Gasteiger partial charge in [0.25, 0.3) is 0 Å². The number of carbonyl (C=O) groups is 1. The number of hydrogen-bond donors (Lipinski definition) is 0. The number of nitrogens with zero attached hydrogens (tertiary/aromatic N) is 1. The minimum atomic E-state index is -4.21. The van der Waals surface area contributed by atoms with E-state index >= 15 is 0 Å². The molecule has 1 saturated carbocycles. The van der Waals surface area contributed by atoms with E-state index in [9.17, 15) is 18.0 Å². The first-order valence-corrected chi connectivity index (χ1v) is 6.29. The smallest absolute Gasteiger partial charge is 0.380 e. The summed E-state index contributed by atoms with van der Waals surface area (Å²) in [7, 11) is 0. The van der Waals surface area contributed by atoms with Crippen LogP contribution in [0.2, 0.25) is 0 Å². The van der Waals surface area contributed by atoms with Gasteiger partial charge < -0.3 is 9.53 Å². The van der Waals surface area contributed by atoms with Crippen molar-refractivity contribution in [3.05, 3.63) is 0 Å². The predicted octanol–water partition coefficient (Wildman–Crippen LogP) is 2.01. The molecule has 0 amide bonds. The van der Waals surface area contributed by atoms with Crippen molar-refractivity contribution in [2.24, 2.45) is 5.41 Å². The lowest BCUT2D eigenvalue weighted by atomic mass is 9.83. The molecule has 0 aromatic heterocycles. The molecule has 18 heavy (non-hydrogen) atoms. The van der Waals surface area contributed by atoms with E-state index in [-0.39, 0.29) is 19.2 Å². The van der Waals surface area contributed by atoms with E-state index < -0.39 is 18.1 Å². The Kier molecular flexibility index (Phi) is 3.96. The van der Waals surface area contributed by atoms with E-state index in [2.05, 4.69) is 0 Å². The zero-order valence-electron chi connectivity index (χ0n) is 10.2. The molecule has 1 saturated heterocycles. The number of halogens is 3. The monoisotopic (exact) mass is 265 g/mol. The van der Waals surface area contributed by atoms with Crippen LogP contribution in [0.25, 0.3) is 0 Å². The van der Waals surface area contributed by atoms with Crippen LogP contribution in [0.3, 0.4) is 0 Å². The van der Waals surface area contributed by atoms with Crippen LogP contribution in [-0.4, -0.2) is 49.7 Å². The molecule has 1 atom stereocenters. The zero-order valence-corrected chi connectivity index (χ0v) is 10.2. The van der Waals surface area contributed by atoms with E-state index in [1.165, 1.54) is 4.90 Å². The highest BCUT2D eigenvalue weighted by Gasteiger charge is 2.43. The molecular formula is C12H18F3NO2. The second-order valence-corrected chi connectivity index (χ2v) is 5.39. The van der Waals surface area contributed by atoms with Crippen molar-refractivity contribution in [1.82, 2.24) is 4.90 Å². The van der Waals surface area contributed by atoms with Crippen molar-refractivity contribution in [2.75, 3.05) is 26.3 Å². The molecule has 104 valence electrons. The molecule has 1 aliphatic heterocycles. The third kappa shape index (κ3) is 3.68. The van der Waals surface area contributed by atoms with Crippen LogP contribution in [0, 0.1) is 5.41 Å². The van der Waals surface area contributed by atoms with Crippen LogP contribution in [0.5, 0.6) is 0 Å². The lowest BCUT2D eigenvalue weighted by Crippen LogP contribution is -2.47. The molecule has 1 aliphatic carbocycles. The summed E-state index contributed by atoms with van der Waals surface area (Å²) in [6.45, 7) is 0.0871. The fourth-order valence-corrected chi connectivity index (χ4v) is 2.52. The maximum atomic E-state index is 12.5. The van der Waals surface area contributed by atoms with Crippen molar-refractivity contribution in [3.8, 4) is 0 Å². The summed E-state index contributed by atoms with van der Waals surface area (Å²) in [5.74, 6) is 0. The summed E-state index contributed by atoms with van der Waals surface area (Å²) in [5.41, 5.74) is -0.744. The molecule has 2 aliphatic rings. The Morgan fingerprint density at radius 2 is 2.11 bits per heavy atom. The van der Waals surface area contributed by atoms with E-state index in [4.69, 9.17) is 4.74 Å². The van der Waals surface area contributed by atoms with Gasteiger partial charge in [0.2, 0.25) is 0 Å². The lowest BCUT2D eigenvalue weighted by molar-refractivity contribution is -0.156. The molecule has 1 unspecified atom stereocenters. The Labute approximate surface area is 104 Å². The summed E-state index contributed by atoms with van der Waals surface area (Å²) in [6, 6.07) is -0.00891. The van der Waals surface area contributed by atoms with E-state index in [1.807, 2.05) is 0 Å². The number of aldehydes is 1. The molecule has 1 heterocycles. The first kappa shape index (κ1) is 13.8. The Hall–Kier alpha value is -0.620. The Bertz CT molecular complexity index is 296. The third-order valence-corrected chi connectivity index (χ3v) is 3.57. The van der Waals surface area contributed by atoms with Crippen LogP contribution in [0.4, 0.5) is 13.2 Å². The molecule has 0 radical (unpaired) electrons. The highest BCUT2D eigenvalue weighted by molar-refractivity contribution is 5.60. The number of hydrogen-bond acceptors (Lipinski definition) is 3. The van der Waals surface area contributed by atoms with Crippen LogP contribution in [0.15, 0.2) is 0 Å². The third-order valence-electron chi connectivity index (χ3n) is 3.57. The van der Waals surface area contributed by atoms with Gasteiger partial charge in [0.05, 0.1) is 18.6 Å². The van der Waals surface area contributed by atoms with Gasteiger partial charge in [-0.05, 0) is 25.7 Å². The summed E-state index contributed by atoms with van der Waals surface area (Å²) in [4.78, 5) is 12.6. The predicted molar refractivity (Wildman–Crippen MR) is 59.2 cm³/mol. The van der Waals surface area contributed by atoms with Gasteiger partial charge in [0.1, 0.15) is 6.29 Å². The molecule has 0 N–H and O–H groups in total. The van der Waals surface area contributed by atoms with Gasteiger partial charge in [-0.3, -0.25) is 4.90 Å². The molecule has 2 rings (SSSR count). The SMILES string of the molecule is O=CC1(CN(CC(F)(F)F)C2CC2)CCCOC1. The van der Waals surface area contributed by atoms with Gasteiger partial charge in [-0.2, -0.15) is 13.2 Å². The van der Waals surface area contributed by atoms with Crippen LogP contribution in [-0.2, 0) is 9.53 Å². The first-order chi connectivity index (χ1) is 8.44. The maximum Gasteiger partial charge on any atom is 0.401 e. The Balaban J connectivity index is 2.00. The average molecular weight is 265 g/mol. The van der Waals surface area contributed by atoms with Crippen LogP contribution in [0.1, 0.15) is 25.7 Å². The van der Waals surface area contributed by atoms with Gasteiger partial charge in [-0.15, -0.1) is 0 Å². The molecule has 0 aromatic carbocycles. The standard InChI is InChI=1S/C12H18F3NO2/c13-12(14,15)7-16(10-2-3-10)6-11(8-17)4-1-5-18-9-11/h8,10H,1-7,9H2. The normalized spacial score (nSPS) is 29.6. The minimum absolute atomic E-state index is 0.00891. The topological polar surface area (TPSA) is 29.5 Å². The van der Waals surface area contributed by atoms with E-state index in [0.29, 0.717) is 13.0 Å². The second kappa shape index (κ2) is 5.17. The van der Waals surface area contributed by atoms with Crippen LogP contribution < -0.4 is 0 Å². The van der Waals surface area contributed by atoms with Gasteiger partial charge in [-0.25, -0.2) is 0 Å². The summed E-state index contributed by atoms with van der Waals surface area (Å²) < 4.78 is 42.8. The largest absolute Gasteiger partial charge is 0.401 e. The molecule has 0 spiro atoms. The quantitative estimate of drug-likeness (QED) is 0.712. The molecule has 0 bridgehead atoms. The number of carbonyl (C=O) groups excluding carboxylic acids is 1. The van der Waals surface area contributed by atoms with Gasteiger partial charge >= 0.3 is 6.18 Å². The molecule has 2 fully saturated rings. The summed E-state index contributed by atoms with van der Waals surface area (Å²) >= 11 is 0. The molecule has 6 heteroatoms. The number of alkyl halides is 3. The minimum Gasteiger partial charge on any atom is -0.380 e. The number of rotatable bonds is 5. The van der Waals surface area contributed by atoms with Gasteiger partial charge in [-0.1, -0.05) is 0 Å². The van der Waals surface area contributed by atoms with Gasteiger partial charge in [0, 0.05) is 19.2 Å². The fraction of sp³-hybridized carbons (Fsp3) is 0.917.